The molecule has 1 heteroatoms. The lowest BCUT2D eigenvalue weighted by atomic mass is 9.64. The SMILES string of the molecule is CCC1=CCCC(C)(C)[C@]12C=C[C@@H](C)O2. The van der Waals surface area contributed by atoms with Gasteiger partial charge in [0.15, 0.2) is 0 Å². The number of allylic oxidation sites excluding steroid dienone is 1. The zero-order valence-electron chi connectivity index (χ0n) is 10.3. The van der Waals surface area contributed by atoms with Gasteiger partial charge in [0.25, 0.3) is 0 Å². The Labute approximate surface area is 93.2 Å². The molecule has 0 radical (unpaired) electrons. The Hall–Kier alpha value is -0.560. The van der Waals surface area contributed by atoms with Gasteiger partial charge in [0, 0.05) is 5.41 Å². The van der Waals surface area contributed by atoms with Gasteiger partial charge in [-0.3, -0.25) is 0 Å². The first-order valence-electron chi connectivity index (χ1n) is 6.08. The van der Waals surface area contributed by atoms with E-state index in [0.717, 1.165) is 6.42 Å². The molecule has 0 saturated heterocycles. The minimum absolute atomic E-state index is 0.112. The van der Waals surface area contributed by atoms with Gasteiger partial charge in [-0.05, 0) is 37.8 Å². The predicted molar refractivity (Wildman–Crippen MR) is 63.8 cm³/mol. The normalized spacial score (nSPS) is 38.4. The molecule has 1 aliphatic heterocycles. The highest BCUT2D eigenvalue weighted by Gasteiger charge is 2.50. The van der Waals surface area contributed by atoms with Crippen LogP contribution in [0, 0.1) is 5.41 Å². The van der Waals surface area contributed by atoms with Crippen molar-refractivity contribution in [1.29, 1.82) is 0 Å². The molecule has 0 aromatic heterocycles. The van der Waals surface area contributed by atoms with E-state index in [0.29, 0.717) is 0 Å². The van der Waals surface area contributed by atoms with Crippen molar-refractivity contribution in [3.63, 3.8) is 0 Å². The van der Waals surface area contributed by atoms with Crippen LogP contribution in [0.25, 0.3) is 0 Å². The van der Waals surface area contributed by atoms with Crippen LogP contribution in [0.3, 0.4) is 0 Å². The van der Waals surface area contributed by atoms with Crippen LogP contribution in [-0.2, 0) is 4.74 Å². The molecule has 1 aliphatic carbocycles. The molecule has 0 aromatic carbocycles. The Balaban J connectivity index is 2.43. The first-order chi connectivity index (χ1) is 7.02. The van der Waals surface area contributed by atoms with Crippen LogP contribution in [0.4, 0.5) is 0 Å². The van der Waals surface area contributed by atoms with E-state index in [2.05, 4.69) is 45.9 Å². The third-order valence-electron chi connectivity index (χ3n) is 4.00. The minimum atomic E-state index is -0.112. The van der Waals surface area contributed by atoms with Crippen molar-refractivity contribution < 1.29 is 4.74 Å². The van der Waals surface area contributed by atoms with Gasteiger partial charge in [0.05, 0.1) is 6.10 Å². The van der Waals surface area contributed by atoms with Crippen LogP contribution < -0.4 is 0 Å². The molecule has 84 valence electrons. The van der Waals surface area contributed by atoms with Gasteiger partial charge >= 0.3 is 0 Å². The summed E-state index contributed by atoms with van der Waals surface area (Å²) in [5.74, 6) is 0. The fraction of sp³-hybridized carbons (Fsp3) is 0.714. The van der Waals surface area contributed by atoms with Gasteiger partial charge < -0.3 is 4.74 Å². The molecule has 0 amide bonds. The molecule has 1 nitrogen and oxygen atoms in total. The van der Waals surface area contributed by atoms with Crippen LogP contribution >= 0.6 is 0 Å². The molecule has 0 bridgehead atoms. The first kappa shape index (κ1) is 10.9. The summed E-state index contributed by atoms with van der Waals surface area (Å²) in [6.45, 7) is 9.02. The van der Waals surface area contributed by atoms with Gasteiger partial charge in [-0.25, -0.2) is 0 Å². The van der Waals surface area contributed by atoms with Crippen molar-refractivity contribution in [1.82, 2.24) is 0 Å². The average Bonchev–Trinajstić information content (AvgIpc) is 2.55. The van der Waals surface area contributed by atoms with E-state index < -0.39 is 0 Å². The fourth-order valence-corrected chi connectivity index (χ4v) is 3.00. The smallest absolute Gasteiger partial charge is 0.113 e. The Morgan fingerprint density at radius 3 is 2.73 bits per heavy atom. The summed E-state index contributed by atoms with van der Waals surface area (Å²) >= 11 is 0. The lowest BCUT2D eigenvalue weighted by molar-refractivity contribution is -0.0752. The number of hydrogen-bond acceptors (Lipinski definition) is 1. The third-order valence-corrected chi connectivity index (χ3v) is 4.00. The van der Waals surface area contributed by atoms with Crippen LogP contribution in [-0.4, -0.2) is 11.7 Å². The van der Waals surface area contributed by atoms with E-state index >= 15 is 0 Å². The van der Waals surface area contributed by atoms with Crippen molar-refractivity contribution in [3.8, 4) is 0 Å². The van der Waals surface area contributed by atoms with Crippen LogP contribution in [0.1, 0.15) is 47.0 Å². The van der Waals surface area contributed by atoms with Crippen LogP contribution in [0.5, 0.6) is 0 Å². The third kappa shape index (κ3) is 1.48. The summed E-state index contributed by atoms with van der Waals surface area (Å²) in [6, 6.07) is 0. The molecule has 1 spiro atoms. The molecule has 15 heavy (non-hydrogen) atoms. The molecular weight excluding hydrogens is 184 g/mol. The van der Waals surface area contributed by atoms with E-state index in [1.165, 1.54) is 18.4 Å². The van der Waals surface area contributed by atoms with E-state index in [1.54, 1.807) is 0 Å². The molecule has 1 heterocycles. The Morgan fingerprint density at radius 1 is 1.47 bits per heavy atom. The second-order valence-corrected chi connectivity index (χ2v) is 5.42. The number of ether oxygens (including phenoxy) is 1. The molecule has 2 atom stereocenters. The highest BCUT2D eigenvalue weighted by atomic mass is 16.5. The van der Waals surface area contributed by atoms with Gasteiger partial charge in [-0.15, -0.1) is 0 Å². The lowest BCUT2D eigenvalue weighted by Gasteiger charge is -2.47. The molecule has 0 N–H and O–H groups in total. The summed E-state index contributed by atoms with van der Waals surface area (Å²) < 4.78 is 6.23. The summed E-state index contributed by atoms with van der Waals surface area (Å²) in [5, 5.41) is 0. The summed E-state index contributed by atoms with van der Waals surface area (Å²) in [7, 11) is 0. The van der Waals surface area contributed by atoms with Crippen molar-refractivity contribution in [2.24, 2.45) is 5.41 Å². The van der Waals surface area contributed by atoms with Gasteiger partial charge in [-0.2, -0.15) is 0 Å². The molecule has 0 aromatic rings. The Morgan fingerprint density at radius 2 is 2.20 bits per heavy atom. The zero-order chi connectivity index (χ0) is 11.1. The number of hydrogen-bond donors (Lipinski definition) is 0. The second kappa shape index (κ2) is 3.48. The van der Waals surface area contributed by atoms with E-state index in [9.17, 15) is 0 Å². The lowest BCUT2D eigenvalue weighted by Crippen LogP contribution is -2.47. The summed E-state index contributed by atoms with van der Waals surface area (Å²) in [6.07, 6.45) is 10.7. The van der Waals surface area contributed by atoms with Crippen molar-refractivity contribution in [2.45, 2.75) is 58.7 Å². The van der Waals surface area contributed by atoms with Crippen molar-refractivity contribution >= 4 is 0 Å². The van der Waals surface area contributed by atoms with E-state index in [-0.39, 0.29) is 17.1 Å². The van der Waals surface area contributed by atoms with Gasteiger partial charge in [0.1, 0.15) is 5.60 Å². The Kier molecular flexibility index (Phi) is 2.54. The molecule has 2 aliphatic rings. The predicted octanol–water partition coefficient (Wildman–Crippen LogP) is 3.86. The molecule has 2 rings (SSSR count). The maximum Gasteiger partial charge on any atom is 0.113 e. The quantitative estimate of drug-likeness (QED) is 0.592. The van der Waals surface area contributed by atoms with Crippen LogP contribution in [0.2, 0.25) is 0 Å². The summed E-state index contributed by atoms with van der Waals surface area (Å²) in [4.78, 5) is 0. The molecule has 0 fully saturated rings. The monoisotopic (exact) mass is 206 g/mol. The number of rotatable bonds is 1. The van der Waals surface area contributed by atoms with E-state index in [1.807, 2.05) is 0 Å². The minimum Gasteiger partial charge on any atom is -0.359 e. The van der Waals surface area contributed by atoms with Gasteiger partial charge in [0.2, 0.25) is 0 Å². The van der Waals surface area contributed by atoms with Crippen molar-refractivity contribution in [2.75, 3.05) is 0 Å². The highest BCUT2D eigenvalue weighted by Crippen LogP contribution is 2.51. The molecular formula is C14H22O. The topological polar surface area (TPSA) is 9.23 Å². The average molecular weight is 206 g/mol. The maximum absolute atomic E-state index is 6.23. The largest absolute Gasteiger partial charge is 0.359 e. The Bertz CT molecular complexity index is 311. The standard InChI is InChI=1S/C14H22O/c1-5-12-7-6-9-13(3,4)14(12)10-8-11(2)15-14/h7-8,10-11H,5-6,9H2,1-4H3/t11-,14+/m1/s1. The fourth-order valence-electron chi connectivity index (χ4n) is 3.00. The van der Waals surface area contributed by atoms with Crippen molar-refractivity contribution in [3.05, 3.63) is 23.8 Å². The maximum atomic E-state index is 6.23. The molecule has 0 unspecified atom stereocenters. The second-order valence-electron chi connectivity index (χ2n) is 5.42. The van der Waals surface area contributed by atoms with Crippen LogP contribution in [0.15, 0.2) is 23.8 Å². The summed E-state index contributed by atoms with van der Waals surface area (Å²) in [5.41, 5.74) is 1.59. The first-order valence-corrected chi connectivity index (χ1v) is 6.08. The zero-order valence-corrected chi connectivity index (χ0v) is 10.3. The molecule has 0 saturated carbocycles. The van der Waals surface area contributed by atoms with E-state index in [4.69, 9.17) is 4.74 Å². The highest BCUT2D eigenvalue weighted by molar-refractivity contribution is 5.35. The van der Waals surface area contributed by atoms with Gasteiger partial charge in [-0.1, -0.05) is 32.9 Å².